The van der Waals surface area contributed by atoms with Crippen LogP contribution in [-0.4, -0.2) is 11.1 Å². The molecule has 0 fully saturated rings. The first-order chi connectivity index (χ1) is 9.97. The molecular formula is C18H19ClO2. The fourth-order valence-corrected chi connectivity index (χ4v) is 2.70. The van der Waals surface area contributed by atoms with E-state index in [4.69, 9.17) is 11.6 Å². The van der Waals surface area contributed by atoms with Crippen molar-refractivity contribution in [2.24, 2.45) is 5.92 Å². The van der Waals surface area contributed by atoms with Gasteiger partial charge in [-0.05, 0) is 61.1 Å². The van der Waals surface area contributed by atoms with Crippen LogP contribution in [0.25, 0.3) is 0 Å². The summed E-state index contributed by atoms with van der Waals surface area (Å²) in [6.07, 6.45) is 1.07. The summed E-state index contributed by atoms with van der Waals surface area (Å²) in [5.74, 6) is -1.18. The van der Waals surface area contributed by atoms with Crippen molar-refractivity contribution < 1.29 is 9.90 Å². The Balaban J connectivity index is 2.20. The standard InChI is InChI=1S/C18H19ClO2/c1-12-4-3-5-13(2)17(12)11-15(18(20)21)10-14-6-8-16(19)9-7-14/h3-9,15H,10-11H2,1-2H3,(H,20,21). The molecule has 0 aliphatic heterocycles. The van der Waals surface area contributed by atoms with Gasteiger partial charge in [0.15, 0.2) is 0 Å². The Hall–Kier alpha value is -1.80. The molecule has 1 unspecified atom stereocenters. The van der Waals surface area contributed by atoms with Gasteiger partial charge in [0.1, 0.15) is 0 Å². The lowest BCUT2D eigenvalue weighted by molar-refractivity contribution is -0.141. The van der Waals surface area contributed by atoms with E-state index in [1.54, 1.807) is 12.1 Å². The number of hydrogen-bond donors (Lipinski definition) is 1. The molecule has 0 spiro atoms. The van der Waals surface area contributed by atoms with Crippen molar-refractivity contribution in [1.82, 2.24) is 0 Å². The van der Waals surface area contributed by atoms with E-state index in [9.17, 15) is 9.90 Å². The normalized spacial score (nSPS) is 12.1. The van der Waals surface area contributed by atoms with Crippen LogP contribution < -0.4 is 0 Å². The summed E-state index contributed by atoms with van der Waals surface area (Å²) in [5, 5.41) is 10.2. The topological polar surface area (TPSA) is 37.3 Å². The Labute approximate surface area is 130 Å². The number of halogens is 1. The Kier molecular flexibility index (Phi) is 5.03. The molecule has 1 atom stereocenters. The van der Waals surface area contributed by atoms with Crippen LogP contribution >= 0.6 is 11.6 Å². The van der Waals surface area contributed by atoms with Crippen molar-refractivity contribution in [3.63, 3.8) is 0 Å². The second kappa shape index (κ2) is 6.77. The highest BCUT2D eigenvalue weighted by atomic mass is 35.5. The molecule has 2 aromatic rings. The minimum absolute atomic E-state index is 0.425. The number of carboxylic acid groups (broad SMARTS) is 1. The zero-order chi connectivity index (χ0) is 15.4. The number of aliphatic carboxylic acids is 1. The molecule has 0 bridgehead atoms. The van der Waals surface area contributed by atoms with E-state index in [-0.39, 0.29) is 0 Å². The zero-order valence-electron chi connectivity index (χ0n) is 12.3. The Morgan fingerprint density at radius 1 is 1.05 bits per heavy atom. The highest BCUT2D eigenvalue weighted by Gasteiger charge is 2.20. The predicted molar refractivity (Wildman–Crippen MR) is 85.9 cm³/mol. The molecule has 0 aliphatic carbocycles. The molecule has 0 saturated carbocycles. The molecule has 0 aliphatic rings. The van der Waals surface area contributed by atoms with E-state index in [0.717, 1.165) is 22.3 Å². The number of aryl methyl sites for hydroxylation is 2. The molecule has 0 aromatic heterocycles. The lowest BCUT2D eigenvalue weighted by atomic mass is 9.89. The van der Waals surface area contributed by atoms with E-state index < -0.39 is 11.9 Å². The third-order valence-electron chi connectivity index (χ3n) is 3.84. The molecule has 2 rings (SSSR count). The molecule has 2 aromatic carbocycles. The summed E-state index contributed by atoms with van der Waals surface area (Å²) in [4.78, 5) is 11.6. The van der Waals surface area contributed by atoms with Gasteiger partial charge in [-0.2, -0.15) is 0 Å². The summed E-state index contributed by atoms with van der Waals surface area (Å²) in [6, 6.07) is 13.5. The van der Waals surface area contributed by atoms with Crippen molar-refractivity contribution in [1.29, 1.82) is 0 Å². The Bertz CT molecular complexity index is 612. The fraction of sp³-hybridized carbons (Fsp3) is 0.278. The molecule has 0 amide bonds. The maximum Gasteiger partial charge on any atom is 0.307 e. The van der Waals surface area contributed by atoms with Crippen LogP contribution in [0.4, 0.5) is 0 Å². The van der Waals surface area contributed by atoms with Gasteiger partial charge in [-0.25, -0.2) is 0 Å². The second-order valence-corrected chi connectivity index (χ2v) is 5.88. The van der Waals surface area contributed by atoms with Crippen molar-refractivity contribution in [2.45, 2.75) is 26.7 Å². The zero-order valence-corrected chi connectivity index (χ0v) is 13.0. The average Bonchev–Trinajstić information content (AvgIpc) is 2.43. The molecule has 2 nitrogen and oxygen atoms in total. The monoisotopic (exact) mass is 302 g/mol. The van der Waals surface area contributed by atoms with Gasteiger partial charge in [-0.3, -0.25) is 4.79 Å². The van der Waals surface area contributed by atoms with E-state index in [0.29, 0.717) is 17.9 Å². The van der Waals surface area contributed by atoms with Crippen LogP contribution in [0.15, 0.2) is 42.5 Å². The maximum atomic E-state index is 11.6. The van der Waals surface area contributed by atoms with Crippen molar-refractivity contribution in [2.75, 3.05) is 0 Å². The molecule has 21 heavy (non-hydrogen) atoms. The Morgan fingerprint density at radius 2 is 1.62 bits per heavy atom. The molecule has 3 heteroatoms. The largest absolute Gasteiger partial charge is 0.481 e. The van der Waals surface area contributed by atoms with Gasteiger partial charge in [-0.15, -0.1) is 0 Å². The number of benzene rings is 2. The van der Waals surface area contributed by atoms with E-state index >= 15 is 0 Å². The average molecular weight is 303 g/mol. The summed E-state index contributed by atoms with van der Waals surface area (Å²) < 4.78 is 0. The smallest absolute Gasteiger partial charge is 0.307 e. The van der Waals surface area contributed by atoms with Gasteiger partial charge in [0.05, 0.1) is 5.92 Å². The van der Waals surface area contributed by atoms with Crippen LogP contribution in [-0.2, 0) is 17.6 Å². The first-order valence-corrected chi connectivity index (χ1v) is 7.37. The van der Waals surface area contributed by atoms with Gasteiger partial charge in [0, 0.05) is 5.02 Å². The second-order valence-electron chi connectivity index (χ2n) is 5.44. The minimum atomic E-state index is -0.757. The fourth-order valence-electron chi connectivity index (χ4n) is 2.57. The lowest BCUT2D eigenvalue weighted by Gasteiger charge is -2.16. The summed E-state index contributed by atoms with van der Waals surface area (Å²) in [7, 11) is 0. The van der Waals surface area contributed by atoms with E-state index in [1.165, 1.54) is 0 Å². The van der Waals surface area contributed by atoms with Crippen LogP contribution in [0.5, 0.6) is 0 Å². The van der Waals surface area contributed by atoms with Gasteiger partial charge in [-0.1, -0.05) is 41.9 Å². The summed E-state index contributed by atoms with van der Waals surface area (Å²) in [6.45, 7) is 4.06. The predicted octanol–water partition coefficient (Wildman–Crippen LogP) is 4.44. The van der Waals surface area contributed by atoms with Crippen LogP contribution in [0.1, 0.15) is 22.3 Å². The van der Waals surface area contributed by atoms with E-state index in [1.807, 2.05) is 44.2 Å². The minimum Gasteiger partial charge on any atom is -0.481 e. The highest BCUT2D eigenvalue weighted by molar-refractivity contribution is 6.30. The summed E-state index contributed by atoms with van der Waals surface area (Å²) in [5.41, 5.74) is 4.44. The van der Waals surface area contributed by atoms with Gasteiger partial charge in [0.25, 0.3) is 0 Å². The number of carboxylic acids is 1. The van der Waals surface area contributed by atoms with Crippen molar-refractivity contribution in [3.8, 4) is 0 Å². The Morgan fingerprint density at radius 3 is 2.14 bits per heavy atom. The quantitative estimate of drug-likeness (QED) is 0.886. The van der Waals surface area contributed by atoms with Crippen LogP contribution in [0, 0.1) is 19.8 Å². The van der Waals surface area contributed by atoms with Gasteiger partial charge < -0.3 is 5.11 Å². The number of carbonyl (C=O) groups is 1. The lowest BCUT2D eigenvalue weighted by Crippen LogP contribution is -2.20. The molecule has 0 heterocycles. The van der Waals surface area contributed by atoms with Crippen LogP contribution in [0.2, 0.25) is 5.02 Å². The molecular weight excluding hydrogens is 284 g/mol. The first-order valence-electron chi connectivity index (χ1n) is 6.99. The molecule has 0 saturated heterocycles. The van der Waals surface area contributed by atoms with Crippen molar-refractivity contribution in [3.05, 3.63) is 69.7 Å². The first kappa shape index (κ1) is 15.6. The molecule has 1 N–H and O–H groups in total. The highest BCUT2D eigenvalue weighted by Crippen LogP contribution is 2.21. The maximum absolute atomic E-state index is 11.6. The molecule has 110 valence electrons. The van der Waals surface area contributed by atoms with Crippen molar-refractivity contribution >= 4 is 17.6 Å². The number of rotatable bonds is 5. The van der Waals surface area contributed by atoms with Crippen LogP contribution in [0.3, 0.4) is 0 Å². The summed E-state index contributed by atoms with van der Waals surface area (Å²) >= 11 is 5.87. The third kappa shape index (κ3) is 4.08. The molecule has 0 radical (unpaired) electrons. The third-order valence-corrected chi connectivity index (χ3v) is 4.09. The van der Waals surface area contributed by atoms with Gasteiger partial charge in [0.2, 0.25) is 0 Å². The van der Waals surface area contributed by atoms with Gasteiger partial charge >= 0.3 is 5.97 Å². The van der Waals surface area contributed by atoms with E-state index in [2.05, 4.69) is 0 Å². The number of hydrogen-bond acceptors (Lipinski definition) is 1. The SMILES string of the molecule is Cc1cccc(C)c1CC(Cc1ccc(Cl)cc1)C(=O)O.